The van der Waals surface area contributed by atoms with Gasteiger partial charge in [-0.25, -0.2) is 4.79 Å². The summed E-state index contributed by atoms with van der Waals surface area (Å²) in [5.74, 6) is -1.11. The summed E-state index contributed by atoms with van der Waals surface area (Å²) in [5, 5.41) is 0. The lowest BCUT2D eigenvalue weighted by atomic mass is 10.2. The Bertz CT molecular complexity index is 691. The summed E-state index contributed by atoms with van der Waals surface area (Å²) < 4.78 is 18.3. The standard InChI is InChI=1S/C13H21N2O6P/c1-3-11(22(18,19)20)21-10-5-4-9(6-10)15-7-8(2)12(16)14-13(15)17/h7,9-11H,3-6H2,1-2H3,(H,14,16,17)(H2,18,19,20)/t9-,10+,11?/m0/s1. The summed E-state index contributed by atoms with van der Waals surface area (Å²) in [5.41, 5.74) is -0.423. The Morgan fingerprint density at radius 3 is 2.73 bits per heavy atom. The predicted octanol–water partition coefficient (Wildman–Crippen LogP) is 0.869. The van der Waals surface area contributed by atoms with Gasteiger partial charge in [0.05, 0.1) is 6.10 Å². The fourth-order valence-corrected chi connectivity index (χ4v) is 3.59. The lowest BCUT2D eigenvalue weighted by Crippen LogP contribution is -2.33. The Balaban J connectivity index is 2.10. The number of aromatic nitrogens is 2. The van der Waals surface area contributed by atoms with Crippen molar-refractivity contribution in [1.29, 1.82) is 0 Å². The minimum absolute atomic E-state index is 0.137. The van der Waals surface area contributed by atoms with E-state index in [0.717, 1.165) is 0 Å². The molecule has 1 unspecified atom stereocenters. The number of nitrogens with one attached hydrogen (secondary N) is 1. The fourth-order valence-electron chi connectivity index (χ4n) is 2.79. The number of hydrogen-bond donors (Lipinski definition) is 3. The molecule has 0 aromatic carbocycles. The number of aromatic amines is 1. The molecule has 8 nitrogen and oxygen atoms in total. The predicted molar refractivity (Wildman–Crippen MR) is 79.9 cm³/mol. The van der Waals surface area contributed by atoms with E-state index in [4.69, 9.17) is 4.74 Å². The van der Waals surface area contributed by atoms with Crippen LogP contribution in [0.15, 0.2) is 15.8 Å². The van der Waals surface area contributed by atoms with Crippen LogP contribution in [0.1, 0.15) is 44.2 Å². The van der Waals surface area contributed by atoms with Crippen LogP contribution >= 0.6 is 7.60 Å². The summed E-state index contributed by atoms with van der Waals surface area (Å²) in [6, 6.07) is -0.137. The van der Waals surface area contributed by atoms with Gasteiger partial charge in [0.15, 0.2) is 5.85 Å². The molecular formula is C13H21N2O6P. The van der Waals surface area contributed by atoms with Crippen molar-refractivity contribution in [2.45, 2.75) is 57.5 Å². The van der Waals surface area contributed by atoms with Gasteiger partial charge in [-0.1, -0.05) is 6.92 Å². The second-order valence-electron chi connectivity index (χ2n) is 5.66. The molecule has 9 heteroatoms. The number of aryl methyl sites for hydroxylation is 1. The largest absolute Gasteiger partial charge is 0.362 e. The van der Waals surface area contributed by atoms with Gasteiger partial charge in [-0.15, -0.1) is 0 Å². The van der Waals surface area contributed by atoms with Gasteiger partial charge in [0, 0.05) is 17.8 Å². The van der Waals surface area contributed by atoms with E-state index in [-0.39, 0.29) is 18.6 Å². The monoisotopic (exact) mass is 332 g/mol. The van der Waals surface area contributed by atoms with Gasteiger partial charge >= 0.3 is 13.3 Å². The van der Waals surface area contributed by atoms with Crippen LogP contribution in [0.3, 0.4) is 0 Å². The smallest absolute Gasteiger partial charge is 0.354 e. The Morgan fingerprint density at radius 2 is 2.14 bits per heavy atom. The second-order valence-corrected chi connectivity index (χ2v) is 7.41. The van der Waals surface area contributed by atoms with Gasteiger partial charge in [0.1, 0.15) is 0 Å². The minimum atomic E-state index is -4.28. The molecule has 1 aliphatic rings. The normalized spacial score (nSPS) is 23.6. The van der Waals surface area contributed by atoms with E-state index in [0.29, 0.717) is 24.8 Å². The highest BCUT2D eigenvalue weighted by atomic mass is 31.2. The van der Waals surface area contributed by atoms with Crippen molar-refractivity contribution in [3.63, 3.8) is 0 Å². The zero-order valence-corrected chi connectivity index (χ0v) is 13.5. The van der Waals surface area contributed by atoms with Crippen molar-refractivity contribution in [1.82, 2.24) is 9.55 Å². The highest BCUT2D eigenvalue weighted by molar-refractivity contribution is 7.52. The van der Waals surface area contributed by atoms with Crippen LogP contribution in [0, 0.1) is 6.92 Å². The van der Waals surface area contributed by atoms with E-state index < -0.39 is 24.7 Å². The first-order valence-corrected chi connectivity index (χ1v) is 8.93. The van der Waals surface area contributed by atoms with Gasteiger partial charge in [0.25, 0.3) is 5.56 Å². The molecule has 1 heterocycles. The van der Waals surface area contributed by atoms with E-state index in [1.165, 1.54) is 10.8 Å². The van der Waals surface area contributed by atoms with E-state index in [1.54, 1.807) is 13.8 Å². The van der Waals surface area contributed by atoms with Gasteiger partial charge in [-0.2, -0.15) is 0 Å². The number of H-pyrrole nitrogens is 1. The van der Waals surface area contributed by atoms with Gasteiger partial charge in [-0.3, -0.25) is 18.9 Å². The van der Waals surface area contributed by atoms with Crippen molar-refractivity contribution >= 4 is 7.60 Å². The van der Waals surface area contributed by atoms with E-state index >= 15 is 0 Å². The van der Waals surface area contributed by atoms with Crippen LogP contribution in [0.2, 0.25) is 0 Å². The van der Waals surface area contributed by atoms with Crippen molar-refractivity contribution in [3.05, 3.63) is 32.6 Å². The fraction of sp³-hybridized carbons (Fsp3) is 0.692. The molecule has 1 aliphatic carbocycles. The van der Waals surface area contributed by atoms with Crippen molar-refractivity contribution < 1.29 is 19.1 Å². The summed E-state index contributed by atoms with van der Waals surface area (Å²) in [7, 11) is -4.28. The molecule has 22 heavy (non-hydrogen) atoms. The van der Waals surface area contributed by atoms with Gasteiger partial charge in [-0.05, 0) is 32.6 Å². The Labute approximate surface area is 127 Å². The van der Waals surface area contributed by atoms with Crippen molar-refractivity contribution in [3.8, 4) is 0 Å². The third-order valence-corrected chi connectivity index (χ3v) is 5.21. The molecule has 0 radical (unpaired) electrons. The van der Waals surface area contributed by atoms with Crippen LogP contribution in [0.4, 0.5) is 0 Å². The zero-order valence-electron chi connectivity index (χ0n) is 12.6. The summed E-state index contributed by atoms with van der Waals surface area (Å²) >= 11 is 0. The molecular weight excluding hydrogens is 311 g/mol. The van der Waals surface area contributed by atoms with Crippen LogP contribution < -0.4 is 11.2 Å². The molecule has 2 rings (SSSR count). The average molecular weight is 332 g/mol. The summed E-state index contributed by atoms with van der Waals surface area (Å²) in [4.78, 5) is 44.0. The Morgan fingerprint density at radius 1 is 1.45 bits per heavy atom. The molecule has 3 N–H and O–H groups in total. The molecule has 1 aromatic rings. The number of hydrogen-bond acceptors (Lipinski definition) is 4. The lowest BCUT2D eigenvalue weighted by Gasteiger charge is -2.22. The lowest BCUT2D eigenvalue weighted by molar-refractivity contribution is 0.0180. The third-order valence-electron chi connectivity index (χ3n) is 3.97. The summed E-state index contributed by atoms with van der Waals surface area (Å²) in [6.45, 7) is 3.28. The number of rotatable bonds is 5. The maximum atomic E-state index is 11.9. The number of ether oxygens (including phenoxy) is 1. The van der Waals surface area contributed by atoms with Crippen LogP contribution in [-0.2, 0) is 9.30 Å². The first kappa shape index (κ1) is 17.1. The molecule has 0 bridgehead atoms. The average Bonchev–Trinajstić information content (AvgIpc) is 2.87. The molecule has 124 valence electrons. The van der Waals surface area contributed by atoms with E-state index in [1.807, 2.05) is 0 Å². The zero-order chi connectivity index (χ0) is 16.5. The molecule has 1 saturated carbocycles. The molecule has 0 amide bonds. The van der Waals surface area contributed by atoms with Crippen LogP contribution in [0.25, 0.3) is 0 Å². The SMILES string of the molecule is CCC(O[C@@H]1CC[C@H](n2cc(C)c(=O)[nH]c2=O)C1)P(=O)(O)O. The van der Waals surface area contributed by atoms with Crippen LogP contribution in [0.5, 0.6) is 0 Å². The van der Waals surface area contributed by atoms with Crippen molar-refractivity contribution in [2.24, 2.45) is 0 Å². The van der Waals surface area contributed by atoms with E-state index in [9.17, 15) is 23.9 Å². The van der Waals surface area contributed by atoms with Crippen LogP contribution in [-0.4, -0.2) is 31.3 Å². The Hall–Kier alpha value is -1.21. The first-order valence-electron chi connectivity index (χ1n) is 7.25. The highest BCUT2D eigenvalue weighted by Crippen LogP contribution is 2.45. The maximum Gasteiger partial charge on any atom is 0.354 e. The van der Waals surface area contributed by atoms with E-state index in [2.05, 4.69) is 4.98 Å². The quantitative estimate of drug-likeness (QED) is 0.688. The summed E-state index contributed by atoms with van der Waals surface area (Å²) in [6.07, 6.45) is 3.21. The highest BCUT2D eigenvalue weighted by Gasteiger charge is 2.34. The minimum Gasteiger partial charge on any atom is -0.362 e. The molecule has 3 atom stereocenters. The Kier molecular flexibility index (Phi) is 5.07. The van der Waals surface area contributed by atoms with Gasteiger partial charge < -0.3 is 14.5 Å². The first-order chi connectivity index (χ1) is 10.2. The van der Waals surface area contributed by atoms with Crippen molar-refractivity contribution in [2.75, 3.05) is 0 Å². The second kappa shape index (κ2) is 6.50. The molecule has 0 saturated heterocycles. The molecule has 1 aromatic heterocycles. The third kappa shape index (κ3) is 3.76. The van der Waals surface area contributed by atoms with Gasteiger partial charge in [0.2, 0.25) is 0 Å². The number of nitrogens with zero attached hydrogens (tertiary/aromatic N) is 1. The molecule has 1 fully saturated rings. The maximum absolute atomic E-state index is 11.9. The topological polar surface area (TPSA) is 122 Å². The molecule has 0 aliphatic heterocycles. The molecule has 0 spiro atoms.